The molecule has 2 aromatic carbocycles. The van der Waals surface area contributed by atoms with Crippen LogP contribution in [0.2, 0.25) is 0 Å². The van der Waals surface area contributed by atoms with Crippen molar-refractivity contribution in [1.29, 1.82) is 0 Å². The van der Waals surface area contributed by atoms with Crippen LogP contribution >= 0.6 is 0 Å². The molecule has 0 aliphatic rings. The van der Waals surface area contributed by atoms with Gasteiger partial charge in [0.1, 0.15) is 11.6 Å². The van der Waals surface area contributed by atoms with Crippen molar-refractivity contribution in [1.82, 2.24) is 5.32 Å². The van der Waals surface area contributed by atoms with Gasteiger partial charge in [-0.15, -0.1) is 0 Å². The Morgan fingerprint density at radius 1 is 1.20 bits per heavy atom. The Balaban J connectivity index is 1.82. The van der Waals surface area contributed by atoms with Gasteiger partial charge in [-0.3, -0.25) is 9.59 Å². The zero-order valence-corrected chi connectivity index (χ0v) is 13.9. The maximum Gasteiger partial charge on any atom is 0.308 e. The van der Waals surface area contributed by atoms with E-state index in [4.69, 9.17) is 4.74 Å². The van der Waals surface area contributed by atoms with E-state index in [9.17, 15) is 19.1 Å². The molecule has 0 fully saturated rings. The van der Waals surface area contributed by atoms with Gasteiger partial charge in [-0.25, -0.2) is 4.39 Å². The van der Waals surface area contributed by atoms with E-state index in [-0.39, 0.29) is 13.2 Å². The van der Waals surface area contributed by atoms with Crippen LogP contribution in [-0.4, -0.2) is 30.1 Å². The average Bonchev–Trinajstić information content (AvgIpc) is 2.58. The van der Waals surface area contributed by atoms with Crippen molar-refractivity contribution in [3.8, 4) is 5.75 Å². The van der Waals surface area contributed by atoms with E-state index in [0.717, 1.165) is 11.1 Å². The molecule has 0 saturated carbocycles. The van der Waals surface area contributed by atoms with Gasteiger partial charge in [0.2, 0.25) is 0 Å². The SMILES string of the molecule is Cc1cccc(CC(CNC(=O)COc2ccc(F)cc2)C(=O)O)c1. The maximum atomic E-state index is 12.8. The quantitative estimate of drug-likeness (QED) is 0.771. The lowest BCUT2D eigenvalue weighted by molar-refractivity contribution is -0.141. The Bertz CT molecular complexity index is 730. The molecule has 0 bridgehead atoms. The largest absolute Gasteiger partial charge is 0.484 e. The second kappa shape index (κ2) is 8.82. The molecule has 0 spiro atoms. The average molecular weight is 345 g/mol. The molecule has 2 aromatic rings. The summed E-state index contributed by atoms with van der Waals surface area (Å²) in [6.07, 6.45) is 0.329. The van der Waals surface area contributed by atoms with Crippen LogP contribution in [0.4, 0.5) is 4.39 Å². The predicted octanol–water partition coefficient (Wildman–Crippen LogP) is 2.57. The first-order valence-electron chi connectivity index (χ1n) is 7.87. The number of rotatable bonds is 8. The van der Waals surface area contributed by atoms with Crippen molar-refractivity contribution in [3.63, 3.8) is 0 Å². The molecule has 1 amide bonds. The zero-order valence-electron chi connectivity index (χ0n) is 13.9. The lowest BCUT2D eigenvalue weighted by Crippen LogP contribution is -2.36. The molecule has 0 aliphatic heterocycles. The molecular formula is C19H20FNO4. The summed E-state index contributed by atoms with van der Waals surface area (Å²) in [6.45, 7) is 1.69. The van der Waals surface area contributed by atoms with Gasteiger partial charge >= 0.3 is 5.97 Å². The number of halogens is 1. The summed E-state index contributed by atoms with van der Waals surface area (Å²) in [5, 5.41) is 11.9. The summed E-state index contributed by atoms with van der Waals surface area (Å²) in [7, 11) is 0. The van der Waals surface area contributed by atoms with Crippen molar-refractivity contribution in [2.45, 2.75) is 13.3 Å². The summed E-state index contributed by atoms with van der Waals surface area (Å²) in [6, 6.07) is 12.9. The second-order valence-corrected chi connectivity index (χ2v) is 5.78. The third kappa shape index (κ3) is 6.25. The Labute approximate surface area is 145 Å². The molecule has 1 unspecified atom stereocenters. The lowest BCUT2D eigenvalue weighted by Gasteiger charge is -2.14. The highest BCUT2D eigenvalue weighted by Crippen LogP contribution is 2.12. The van der Waals surface area contributed by atoms with Crippen LogP contribution in [0.1, 0.15) is 11.1 Å². The summed E-state index contributed by atoms with van der Waals surface area (Å²) in [4.78, 5) is 23.2. The fourth-order valence-corrected chi connectivity index (χ4v) is 2.34. The van der Waals surface area contributed by atoms with Gasteiger partial charge in [0.05, 0.1) is 5.92 Å². The number of carbonyl (C=O) groups excluding carboxylic acids is 1. The molecule has 5 nitrogen and oxygen atoms in total. The Morgan fingerprint density at radius 3 is 2.56 bits per heavy atom. The van der Waals surface area contributed by atoms with E-state index in [1.54, 1.807) is 0 Å². The summed E-state index contributed by atoms with van der Waals surface area (Å²) >= 11 is 0. The molecule has 2 N–H and O–H groups in total. The normalized spacial score (nSPS) is 11.6. The molecule has 0 radical (unpaired) electrons. The Morgan fingerprint density at radius 2 is 1.92 bits per heavy atom. The zero-order chi connectivity index (χ0) is 18.2. The fraction of sp³-hybridized carbons (Fsp3) is 0.263. The van der Waals surface area contributed by atoms with E-state index in [1.165, 1.54) is 24.3 Å². The van der Waals surface area contributed by atoms with Crippen LogP contribution in [0.5, 0.6) is 5.75 Å². The highest BCUT2D eigenvalue weighted by molar-refractivity contribution is 5.78. The first-order chi connectivity index (χ1) is 11.9. The van der Waals surface area contributed by atoms with E-state index in [1.807, 2.05) is 31.2 Å². The number of aliphatic carboxylic acids is 1. The molecule has 2 rings (SSSR count). The van der Waals surface area contributed by atoms with Crippen molar-refractivity contribution >= 4 is 11.9 Å². The van der Waals surface area contributed by atoms with Gasteiger partial charge in [0, 0.05) is 6.54 Å². The van der Waals surface area contributed by atoms with E-state index >= 15 is 0 Å². The van der Waals surface area contributed by atoms with Crippen molar-refractivity contribution in [2.24, 2.45) is 5.92 Å². The monoisotopic (exact) mass is 345 g/mol. The molecular weight excluding hydrogens is 325 g/mol. The third-order valence-electron chi connectivity index (χ3n) is 3.64. The van der Waals surface area contributed by atoms with Crippen LogP contribution in [0, 0.1) is 18.7 Å². The summed E-state index contributed by atoms with van der Waals surface area (Å²) in [5.41, 5.74) is 1.96. The number of nitrogens with one attached hydrogen (secondary N) is 1. The highest BCUT2D eigenvalue weighted by Gasteiger charge is 2.19. The van der Waals surface area contributed by atoms with Crippen molar-refractivity contribution in [2.75, 3.05) is 13.2 Å². The predicted molar refractivity (Wildman–Crippen MR) is 90.9 cm³/mol. The van der Waals surface area contributed by atoms with Crippen LogP contribution < -0.4 is 10.1 Å². The highest BCUT2D eigenvalue weighted by atomic mass is 19.1. The molecule has 1 atom stereocenters. The first-order valence-corrected chi connectivity index (χ1v) is 7.87. The number of ether oxygens (including phenoxy) is 1. The van der Waals surface area contributed by atoms with Crippen LogP contribution in [0.25, 0.3) is 0 Å². The minimum Gasteiger partial charge on any atom is -0.484 e. The molecule has 6 heteroatoms. The van der Waals surface area contributed by atoms with Gasteiger partial charge in [-0.05, 0) is 43.2 Å². The van der Waals surface area contributed by atoms with E-state index in [0.29, 0.717) is 12.2 Å². The minimum absolute atomic E-state index is 0.00882. The second-order valence-electron chi connectivity index (χ2n) is 5.78. The van der Waals surface area contributed by atoms with E-state index < -0.39 is 23.6 Å². The molecule has 132 valence electrons. The number of benzene rings is 2. The molecule has 0 saturated heterocycles. The van der Waals surface area contributed by atoms with Gasteiger partial charge < -0.3 is 15.2 Å². The standard InChI is InChI=1S/C19H20FNO4/c1-13-3-2-4-14(9-13)10-15(19(23)24)11-21-18(22)12-25-17-7-5-16(20)6-8-17/h2-9,15H,10-12H2,1H3,(H,21,22)(H,23,24). The smallest absolute Gasteiger partial charge is 0.308 e. The third-order valence-corrected chi connectivity index (χ3v) is 3.64. The number of hydrogen-bond donors (Lipinski definition) is 2. The maximum absolute atomic E-state index is 12.8. The van der Waals surface area contributed by atoms with Crippen LogP contribution in [-0.2, 0) is 16.0 Å². The van der Waals surface area contributed by atoms with E-state index in [2.05, 4.69) is 5.32 Å². The molecule has 25 heavy (non-hydrogen) atoms. The number of amides is 1. The summed E-state index contributed by atoms with van der Waals surface area (Å²) in [5.74, 6) is -2.15. The Hall–Kier alpha value is -2.89. The van der Waals surface area contributed by atoms with Crippen LogP contribution in [0.3, 0.4) is 0 Å². The minimum atomic E-state index is -0.971. The van der Waals surface area contributed by atoms with Crippen molar-refractivity contribution < 1.29 is 23.8 Å². The van der Waals surface area contributed by atoms with Crippen LogP contribution in [0.15, 0.2) is 48.5 Å². The number of aryl methyl sites for hydroxylation is 1. The fourth-order valence-electron chi connectivity index (χ4n) is 2.34. The van der Waals surface area contributed by atoms with Gasteiger partial charge in [0.15, 0.2) is 6.61 Å². The topological polar surface area (TPSA) is 75.6 Å². The molecule has 0 aromatic heterocycles. The summed E-state index contributed by atoms with van der Waals surface area (Å²) < 4.78 is 18.0. The number of carboxylic acid groups (broad SMARTS) is 1. The first kappa shape index (κ1) is 18.4. The molecule has 0 aliphatic carbocycles. The lowest BCUT2D eigenvalue weighted by atomic mass is 9.98. The van der Waals surface area contributed by atoms with Gasteiger partial charge in [-0.2, -0.15) is 0 Å². The van der Waals surface area contributed by atoms with Crippen molar-refractivity contribution in [3.05, 3.63) is 65.5 Å². The molecule has 0 heterocycles. The number of carboxylic acids is 1. The van der Waals surface area contributed by atoms with Gasteiger partial charge in [0.25, 0.3) is 5.91 Å². The number of hydrogen-bond acceptors (Lipinski definition) is 3. The number of carbonyl (C=O) groups is 2. The Kier molecular flexibility index (Phi) is 6.51. The van der Waals surface area contributed by atoms with Gasteiger partial charge in [-0.1, -0.05) is 29.8 Å².